The van der Waals surface area contributed by atoms with E-state index in [4.69, 9.17) is 48.1 Å². The van der Waals surface area contributed by atoms with Gasteiger partial charge >= 0.3 is 18.5 Å². The molecule has 0 amide bonds. The number of phenolic OH excluding ortho intramolecular Hbond substituents is 2. The van der Waals surface area contributed by atoms with E-state index in [0.29, 0.717) is 5.75 Å². The van der Waals surface area contributed by atoms with Gasteiger partial charge in [0.1, 0.15) is 28.7 Å². The zero-order chi connectivity index (χ0) is 33.3. The second-order valence-electron chi connectivity index (χ2n) is 8.05. The monoisotopic (exact) mass is 600 g/mol. The Labute approximate surface area is 252 Å². The minimum absolute atomic E-state index is 0.250. The quantitative estimate of drug-likeness (QED) is 0.308. The number of rotatable bonds is 9. The van der Waals surface area contributed by atoms with Crippen LogP contribution in [-0.4, -0.2) is 48.5 Å². The van der Waals surface area contributed by atoms with Crippen LogP contribution in [0.3, 0.4) is 0 Å². The Morgan fingerprint density at radius 1 is 0.535 bits per heavy atom. The van der Waals surface area contributed by atoms with Gasteiger partial charge in [-0.05, 0) is 93.3 Å². The van der Waals surface area contributed by atoms with Crippen LogP contribution in [0.2, 0.25) is 0 Å². The maximum atomic E-state index is 9.21. The summed E-state index contributed by atoms with van der Waals surface area (Å²) in [5.74, 6) is 3.20. The number of carbonyl (C=O) groups excluding carboxylic acids is 6. The molecule has 0 saturated carbocycles. The highest BCUT2D eigenvalue weighted by Gasteiger charge is 1.97. The van der Waals surface area contributed by atoms with Gasteiger partial charge in [-0.15, -0.1) is 0 Å². The lowest BCUT2D eigenvalue weighted by atomic mass is 10.2. The Bertz CT molecular complexity index is 1090. The number of aromatic hydroxyl groups is 2. The molecule has 2 N–H and O–H groups in total. The van der Waals surface area contributed by atoms with E-state index >= 15 is 0 Å². The maximum absolute atomic E-state index is 9.21. The molecule has 0 aliphatic carbocycles. The van der Waals surface area contributed by atoms with Crippen molar-refractivity contribution >= 4 is 18.5 Å². The molecule has 0 aliphatic heterocycles. The van der Waals surface area contributed by atoms with Crippen molar-refractivity contribution in [3.05, 3.63) is 77.9 Å². The van der Waals surface area contributed by atoms with Crippen molar-refractivity contribution in [3.8, 4) is 28.7 Å². The molecule has 0 bridgehead atoms. The van der Waals surface area contributed by atoms with E-state index in [-0.39, 0.29) is 24.2 Å². The smallest absolute Gasteiger partial charge is 0.373 e. The Hall–Kier alpha value is -5.20. The molecule has 3 aromatic carbocycles. The molecule has 0 spiro atoms. The van der Waals surface area contributed by atoms with Crippen LogP contribution >= 0.6 is 0 Å². The summed E-state index contributed by atoms with van der Waals surface area (Å²) >= 11 is 0. The van der Waals surface area contributed by atoms with E-state index in [2.05, 4.69) is 39.8 Å². The lowest BCUT2D eigenvalue weighted by molar-refractivity contribution is -0.193. The van der Waals surface area contributed by atoms with Crippen molar-refractivity contribution in [2.45, 2.75) is 53.9 Å². The normalized spacial score (nSPS) is 8.21. The molecule has 11 nitrogen and oxygen atoms in total. The zero-order valence-corrected chi connectivity index (χ0v) is 25.2. The lowest BCUT2D eigenvalue weighted by Gasteiger charge is -2.05. The number of aryl methyl sites for hydroxylation is 2. The summed E-state index contributed by atoms with van der Waals surface area (Å²) in [6.07, 6.45) is 3.81. The molecular formula is C32H40O11. The predicted octanol–water partition coefficient (Wildman–Crippen LogP) is 5.70. The van der Waals surface area contributed by atoms with Crippen LogP contribution in [-0.2, 0) is 28.8 Å². The molecule has 0 radical (unpaired) electrons. The third kappa shape index (κ3) is 28.1. The number of benzene rings is 3. The van der Waals surface area contributed by atoms with E-state index in [1.165, 1.54) is 5.56 Å². The molecular weight excluding hydrogens is 560 g/mol. The van der Waals surface area contributed by atoms with Crippen LogP contribution in [0.25, 0.3) is 0 Å². The van der Waals surface area contributed by atoms with Crippen LogP contribution in [0.4, 0.5) is 0 Å². The minimum Gasteiger partial charge on any atom is -0.508 e. The fourth-order valence-electron chi connectivity index (χ4n) is 2.55. The van der Waals surface area contributed by atoms with Gasteiger partial charge in [0, 0.05) is 0 Å². The molecule has 43 heavy (non-hydrogen) atoms. The van der Waals surface area contributed by atoms with E-state index in [0.717, 1.165) is 61.9 Å². The van der Waals surface area contributed by atoms with Crippen molar-refractivity contribution in [2.75, 3.05) is 19.8 Å². The van der Waals surface area contributed by atoms with Crippen molar-refractivity contribution in [1.82, 2.24) is 0 Å². The van der Waals surface area contributed by atoms with Gasteiger partial charge in [0.15, 0.2) is 0 Å². The molecule has 0 aromatic heterocycles. The van der Waals surface area contributed by atoms with Crippen molar-refractivity contribution < 1.29 is 53.2 Å². The Kier molecular flexibility index (Phi) is 30.8. The molecule has 0 aliphatic rings. The molecule has 0 atom stereocenters. The largest absolute Gasteiger partial charge is 0.508 e. The molecule has 3 rings (SSSR count). The molecule has 0 saturated heterocycles. The lowest BCUT2D eigenvalue weighted by Crippen LogP contribution is -1.94. The van der Waals surface area contributed by atoms with Crippen LogP contribution in [0.1, 0.15) is 51.2 Å². The van der Waals surface area contributed by atoms with Gasteiger partial charge in [-0.2, -0.15) is 28.8 Å². The van der Waals surface area contributed by atoms with Crippen LogP contribution in [0, 0.1) is 13.8 Å². The fourth-order valence-corrected chi connectivity index (χ4v) is 2.55. The summed E-state index contributed by atoms with van der Waals surface area (Å²) in [5, 5.41) is 18.1. The summed E-state index contributed by atoms with van der Waals surface area (Å²) in [6.45, 7) is 12.4. The summed E-state index contributed by atoms with van der Waals surface area (Å²) < 4.78 is 16.1. The second kappa shape index (κ2) is 31.3. The standard InChI is InChI=1S/C10H14O2.C10H14O.C9H12O2.3CO2/c1-3-6-12-9-4-5-10(11)8(2)7-9;1-3-8-11-10-6-4-9(2)5-7-10;1-2-7-11-9-5-3-8(10)4-6-9;3*2-1-3/h4-5,7,11H,3,6H2,1-2H3;4-7H,3,8H2,1-2H3;3-6,10H,2,7H2,1H3;;;. The zero-order valence-electron chi connectivity index (χ0n) is 25.2. The molecule has 0 heterocycles. The average Bonchev–Trinajstić information content (AvgIpc) is 2.99. The van der Waals surface area contributed by atoms with E-state index < -0.39 is 0 Å². The summed E-state index contributed by atoms with van der Waals surface area (Å²) in [4.78, 5) is 48.8. The van der Waals surface area contributed by atoms with Gasteiger partial charge in [0.05, 0.1) is 19.8 Å². The second-order valence-corrected chi connectivity index (χ2v) is 8.05. The number of hydrogen-bond donors (Lipinski definition) is 2. The predicted molar refractivity (Wildman–Crippen MR) is 155 cm³/mol. The van der Waals surface area contributed by atoms with Gasteiger partial charge in [-0.25, -0.2) is 0 Å². The minimum atomic E-state index is 0.250. The molecule has 0 unspecified atom stereocenters. The van der Waals surface area contributed by atoms with E-state index in [1.54, 1.807) is 36.4 Å². The van der Waals surface area contributed by atoms with Crippen LogP contribution in [0.15, 0.2) is 66.7 Å². The first-order valence-electron chi connectivity index (χ1n) is 13.2. The van der Waals surface area contributed by atoms with Crippen molar-refractivity contribution in [1.29, 1.82) is 0 Å². The third-order valence-corrected chi connectivity index (χ3v) is 4.44. The SMILES string of the molecule is CCCOc1ccc(C)cc1.CCCOc1ccc(O)c(C)c1.CCCOc1ccc(O)cc1.O=C=O.O=C=O.O=C=O. The fraction of sp³-hybridized carbons (Fsp3) is 0.344. The molecule has 11 heteroatoms. The first-order valence-corrected chi connectivity index (χ1v) is 13.2. The van der Waals surface area contributed by atoms with E-state index in [1.807, 2.05) is 25.1 Å². The Morgan fingerprint density at radius 3 is 1.21 bits per heavy atom. The van der Waals surface area contributed by atoms with Crippen LogP contribution < -0.4 is 14.2 Å². The van der Waals surface area contributed by atoms with Gasteiger partial charge in [-0.3, -0.25) is 0 Å². The Morgan fingerprint density at radius 2 is 0.860 bits per heavy atom. The highest BCUT2D eigenvalue weighted by atomic mass is 16.5. The summed E-state index contributed by atoms with van der Waals surface area (Å²) in [7, 11) is 0. The van der Waals surface area contributed by atoms with Crippen molar-refractivity contribution in [3.63, 3.8) is 0 Å². The average molecular weight is 601 g/mol. The number of hydrogen-bond acceptors (Lipinski definition) is 11. The highest BCUT2D eigenvalue weighted by Crippen LogP contribution is 2.21. The van der Waals surface area contributed by atoms with Gasteiger partial charge < -0.3 is 24.4 Å². The maximum Gasteiger partial charge on any atom is 0.373 e. The van der Waals surface area contributed by atoms with Crippen molar-refractivity contribution in [2.24, 2.45) is 0 Å². The molecule has 234 valence electrons. The topological polar surface area (TPSA) is 171 Å². The highest BCUT2D eigenvalue weighted by molar-refractivity contribution is 5.38. The van der Waals surface area contributed by atoms with Crippen LogP contribution in [0.5, 0.6) is 28.7 Å². The first-order chi connectivity index (χ1) is 20.6. The summed E-state index contributed by atoms with van der Waals surface area (Å²) in [5.41, 5.74) is 2.12. The molecule has 3 aromatic rings. The molecule has 0 fully saturated rings. The van der Waals surface area contributed by atoms with Gasteiger partial charge in [0.25, 0.3) is 0 Å². The van der Waals surface area contributed by atoms with E-state index in [9.17, 15) is 5.11 Å². The number of phenols is 2. The van der Waals surface area contributed by atoms with Gasteiger partial charge in [0.2, 0.25) is 0 Å². The van der Waals surface area contributed by atoms with Gasteiger partial charge in [-0.1, -0.05) is 38.5 Å². The Balaban J connectivity index is -0.000000490. The summed E-state index contributed by atoms with van der Waals surface area (Å²) in [6, 6.07) is 20.1. The first kappa shape index (κ1) is 42.3. The third-order valence-electron chi connectivity index (χ3n) is 4.44. The number of ether oxygens (including phenoxy) is 3.